The largest absolute Gasteiger partial charge is 0.397 e. The van der Waals surface area contributed by atoms with Crippen LogP contribution in [0.3, 0.4) is 0 Å². The number of piperazine rings is 1. The number of nitrogens with zero attached hydrogens (tertiary/aromatic N) is 3. The Morgan fingerprint density at radius 2 is 1.58 bits per heavy atom. The lowest BCUT2D eigenvalue weighted by molar-refractivity contribution is 0.0752. The lowest BCUT2D eigenvalue weighted by atomic mass is 9.98. The minimum absolute atomic E-state index is 0.0691. The first kappa shape index (κ1) is 24.1. The van der Waals surface area contributed by atoms with Crippen molar-refractivity contribution in [3.05, 3.63) is 101 Å². The van der Waals surface area contributed by atoms with E-state index in [1.165, 1.54) is 29.0 Å². The van der Waals surface area contributed by atoms with Gasteiger partial charge in [0.2, 0.25) is 0 Å². The maximum Gasteiger partial charge on any atom is 0.266 e. The normalized spacial score (nSPS) is 13.7. The molecule has 1 aliphatic rings. The fraction of sp³-hybridized carbons (Fsp3) is 0.161. The van der Waals surface area contributed by atoms with Gasteiger partial charge in [-0.15, -0.1) is 11.3 Å². The highest BCUT2D eigenvalue weighted by Crippen LogP contribution is 2.42. The lowest BCUT2D eigenvalue weighted by Gasteiger charge is -2.36. The number of hydrogen-bond donors (Lipinski definition) is 1. The van der Waals surface area contributed by atoms with Crippen LogP contribution in [0, 0.1) is 12.7 Å². The van der Waals surface area contributed by atoms with Crippen molar-refractivity contribution in [2.45, 2.75) is 6.92 Å². The van der Waals surface area contributed by atoms with Crippen LogP contribution in [0.1, 0.15) is 15.2 Å². The smallest absolute Gasteiger partial charge is 0.266 e. The van der Waals surface area contributed by atoms with Crippen molar-refractivity contribution < 1.29 is 9.18 Å². The Kier molecular flexibility index (Phi) is 6.29. The third-order valence-electron chi connectivity index (χ3n) is 7.08. The van der Waals surface area contributed by atoms with Gasteiger partial charge in [-0.1, -0.05) is 60.2 Å². The fourth-order valence-electron chi connectivity index (χ4n) is 4.96. The Labute approximate surface area is 225 Å². The summed E-state index contributed by atoms with van der Waals surface area (Å²) in [6, 6.07) is 27.0. The number of nitrogens with two attached hydrogens (primary N) is 1. The van der Waals surface area contributed by atoms with Gasteiger partial charge in [0, 0.05) is 42.8 Å². The number of amides is 1. The second kappa shape index (κ2) is 9.91. The number of aryl methyl sites for hydroxylation is 1. The van der Waals surface area contributed by atoms with Crippen molar-refractivity contribution >= 4 is 38.8 Å². The summed E-state index contributed by atoms with van der Waals surface area (Å²) in [4.78, 5) is 23.9. The van der Waals surface area contributed by atoms with Crippen LogP contribution in [0.5, 0.6) is 0 Å². The number of carbonyl (C=O) groups excluding carboxylic acids is 1. The van der Waals surface area contributed by atoms with Gasteiger partial charge in [0.15, 0.2) is 0 Å². The molecule has 3 aromatic carbocycles. The standard InChI is InChI=1S/C31H27FN4OS/c1-20-7-9-21(10-8-20)25-19-26(22-5-3-2-4-6-22)34-30-27(25)28(33)29(38-30)31(37)36-17-15-35(16-18-36)24-13-11-23(32)12-14-24/h2-14,19H,15-18,33H2,1H3. The van der Waals surface area contributed by atoms with Crippen LogP contribution in [-0.4, -0.2) is 42.0 Å². The molecule has 3 heterocycles. The van der Waals surface area contributed by atoms with Crippen molar-refractivity contribution in [1.82, 2.24) is 9.88 Å². The molecular weight excluding hydrogens is 495 g/mol. The molecule has 1 saturated heterocycles. The quantitative estimate of drug-likeness (QED) is 0.288. The molecule has 190 valence electrons. The molecule has 1 aliphatic heterocycles. The molecule has 1 fully saturated rings. The van der Waals surface area contributed by atoms with Crippen LogP contribution in [0.15, 0.2) is 84.9 Å². The number of benzene rings is 3. The summed E-state index contributed by atoms with van der Waals surface area (Å²) in [6.45, 7) is 4.54. The van der Waals surface area contributed by atoms with Crippen molar-refractivity contribution in [2.24, 2.45) is 0 Å². The molecule has 5 nitrogen and oxygen atoms in total. The molecule has 0 bridgehead atoms. The Hall–Kier alpha value is -4.23. The van der Waals surface area contributed by atoms with Gasteiger partial charge in [0.25, 0.3) is 5.91 Å². The fourth-order valence-corrected chi connectivity index (χ4v) is 6.05. The van der Waals surface area contributed by atoms with Gasteiger partial charge in [0.1, 0.15) is 15.5 Å². The van der Waals surface area contributed by atoms with E-state index in [1.54, 1.807) is 12.1 Å². The number of fused-ring (bicyclic) bond motifs is 1. The maximum absolute atomic E-state index is 13.7. The number of nitrogen functional groups attached to an aromatic ring is 1. The van der Waals surface area contributed by atoms with Gasteiger partial charge in [-0.3, -0.25) is 4.79 Å². The topological polar surface area (TPSA) is 62.5 Å². The van der Waals surface area contributed by atoms with E-state index < -0.39 is 0 Å². The van der Waals surface area contributed by atoms with Gasteiger partial charge >= 0.3 is 0 Å². The minimum Gasteiger partial charge on any atom is -0.397 e. The van der Waals surface area contributed by atoms with Crippen LogP contribution < -0.4 is 10.6 Å². The minimum atomic E-state index is -0.253. The second-order valence-corrected chi connectivity index (χ2v) is 10.6. The van der Waals surface area contributed by atoms with Crippen molar-refractivity contribution in [3.8, 4) is 22.4 Å². The van der Waals surface area contributed by atoms with E-state index in [0.29, 0.717) is 36.7 Å². The summed E-state index contributed by atoms with van der Waals surface area (Å²) in [5.41, 5.74) is 13.2. The first-order chi connectivity index (χ1) is 18.5. The highest BCUT2D eigenvalue weighted by molar-refractivity contribution is 7.21. The van der Waals surface area contributed by atoms with Crippen molar-refractivity contribution in [3.63, 3.8) is 0 Å². The maximum atomic E-state index is 13.7. The summed E-state index contributed by atoms with van der Waals surface area (Å²) in [5.74, 6) is -0.322. The lowest BCUT2D eigenvalue weighted by Crippen LogP contribution is -2.48. The van der Waals surface area contributed by atoms with Crippen LogP contribution in [0.4, 0.5) is 15.8 Å². The monoisotopic (exact) mass is 522 g/mol. The number of anilines is 2. The van der Waals surface area contributed by atoms with Gasteiger partial charge < -0.3 is 15.5 Å². The Morgan fingerprint density at radius 3 is 2.26 bits per heavy atom. The number of halogens is 1. The van der Waals surface area contributed by atoms with Gasteiger partial charge in [-0.2, -0.15) is 0 Å². The predicted octanol–water partition coefficient (Wildman–Crippen LogP) is 6.62. The number of rotatable bonds is 4. The first-order valence-electron chi connectivity index (χ1n) is 12.6. The number of pyridine rings is 1. The Balaban J connectivity index is 1.35. The van der Waals surface area contributed by atoms with Gasteiger partial charge in [-0.25, -0.2) is 9.37 Å². The Morgan fingerprint density at radius 1 is 0.895 bits per heavy atom. The molecule has 38 heavy (non-hydrogen) atoms. The summed E-state index contributed by atoms with van der Waals surface area (Å²) < 4.78 is 13.3. The van der Waals surface area contributed by atoms with Gasteiger partial charge in [-0.05, 0) is 48.4 Å². The number of aromatic nitrogens is 1. The van der Waals surface area contributed by atoms with E-state index in [0.717, 1.165) is 38.3 Å². The summed E-state index contributed by atoms with van der Waals surface area (Å²) >= 11 is 1.36. The van der Waals surface area contributed by atoms with E-state index >= 15 is 0 Å². The van der Waals surface area contributed by atoms with Crippen LogP contribution >= 0.6 is 11.3 Å². The zero-order valence-electron chi connectivity index (χ0n) is 21.0. The van der Waals surface area contributed by atoms with Crippen LogP contribution in [0.25, 0.3) is 32.6 Å². The molecule has 0 radical (unpaired) electrons. The second-order valence-electron chi connectivity index (χ2n) is 9.57. The van der Waals surface area contributed by atoms with Crippen LogP contribution in [-0.2, 0) is 0 Å². The average molecular weight is 523 g/mol. The molecule has 0 saturated carbocycles. The van der Waals surface area contributed by atoms with Crippen molar-refractivity contribution in [1.29, 1.82) is 0 Å². The molecule has 1 amide bonds. The zero-order valence-corrected chi connectivity index (χ0v) is 21.8. The van der Waals surface area contributed by atoms with E-state index in [9.17, 15) is 9.18 Å². The molecule has 0 unspecified atom stereocenters. The third-order valence-corrected chi connectivity index (χ3v) is 8.17. The zero-order chi connectivity index (χ0) is 26.2. The summed E-state index contributed by atoms with van der Waals surface area (Å²) in [7, 11) is 0. The third kappa shape index (κ3) is 4.50. The van der Waals surface area contributed by atoms with E-state index in [2.05, 4.69) is 42.2 Å². The van der Waals surface area contributed by atoms with Gasteiger partial charge in [0.05, 0.1) is 11.4 Å². The molecule has 2 aromatic heterocycles. The highest BCUT2D eigenvalue weighted by atomic mass is 32.1. The molecule has 0 spiro atoms. The Bertz CT molecular complexity index is 1610. The molecule has 6 rings (SSSR count). The summed E-state index contributed by atoms with van der Waals surface area (Å²) in [6.07, 6.45) is 0. The number of hydrogen-bond acceptors (Lipinski definition) is 5. The predicted molar refractivity (Wildman–Crippen MR) is 154 cm³/mol. The van der Waals surface area contributed by atoms with Crippen molar-refractivity contribution in [2.75, 3.05) is 36.8 Å². The molecule has 0 atom stereocenters. The average Bonchev–Trinajstić information content (AvgIpc) is 3.30. The molecular formula is C31H27FN4OS. The molecule has 2 N–H and O–H groups in total. The molecule has 0 aliphatic carbocycles. The van der Waals surface area contributed by atoms with E-state index in [4.69, 9.17) is 10.7 Å². The summed E-state index contributed by atoms with van der Waals surface area (Å²) in [5, 5.41) is 0.826. The molecule has 5 aromatic rings. The van der Waals surface area contributed by atoms with E-state index in [1.807, 2.05) is 35.2 Å². The molecule has 7 heteroatoms. The highest BCUT2D eigenvalue weighted by Gasteiger charge is 2.28. The van der Waals surface area contributed by atoms with E-state index in [-0.39, 0.29) is 11.7 Å². The first-order valence-corrected chi connectivity index (χ1v) is 13.4. The SMILES string of the molecule is Cc1ccc(-c2cc(-c3ccccc3)nc3sc(C(=O)N4CCN(c5ccc(F)cc5)CC4)c(N)c23)cc1. The number of carbonyl (C=O) groups is 1. The number of thiophene rings is 1. The van der Waals surface area contributed by atoms with Crippen LogP contribution in [0.2, 0.25) is 0 Å².